The summed E-state index contributed by atoms with van der Waals surface area (Å²) in [5.74, 6) is 0.827. The standard InChI is InChI=1S/C19H27N3O4S/c1-15-13-18(26-21-15)16-7-8-17(25-2)19(14-16)27(23,24)20-9-12-22-10-5-3-4-6-11-22/h7-8,13-14,20H,3-6,9-12H2,1-2H3. The first kappa shape index (κ1) is 19.9. The predicted octanol–water partition coefficient (Wildman–Crippen LogP) is 2.81. The Kier molecular flexibility index (Phi) is 6.51. The molecule has 0 amide bonds. The summed E-state index contributed by atoms with van der Waals surface area (Å²) in [6.07, 6.45) is 4.87. The second-order valence-electron chi connectivity index (χ2n) is 6.85. The maximum atomic E-state index is 12.9. The van der Waals surface area contributed by atoms with E-state index in [1.165, 1.54) is 32.8 Å². The van der Waals surface area contributed by atoms with E-state index in [0.29, 0.717) is 30.2 Å². The molecule has 3 rings (SSSR count). The fraction of sp³-hybridized carbons (Fsp3) is 0.526. The second kappa shape index (κ2) is 8.86. The lowest BCUT2D eigenvalue weighted by Crippen LogP contribution is -2.35. The third-order valence-electron chi connectivity index (χ3n) is 4.78. The number of ether oxygens (including phenoxy) is 1. The van der Waals surface area contributed by atoms with Crippen LogP contribution in [0, 0.1) is 6.92 Å². The minimum atomic E-state index is -3.70. The first-order chi connectivity index (χ1) is 13.0. The van der Waals surface area contributed by atoms with E-state index in [1.807, 2.05) is 6.92 Å². The molecule has 1 aliphatic rings. The Labute approximate surface area is 160 Å². The number of hydrogen-bond donors (Lipinski definition) is 1. The highest BCUT2D eigenvalue weighted by atomic mass is 32.2. The molecule has 1 aliphatic heterocycles. The molecule has 1 fully saturated rings. The molecule has 1 saturated heterocycles. The summed E-state index contributed by atoms with van der Waals surface area (Å²) < 4.78 is 38.9. The number of aromatic nitrogens is 1. The molecule has 0 bridgehead atoms. The SMILES string of the molecule is COc1ccc(-c2cc(C)no2)cc1S(=O)(=O)NCCN1CCCCCC1. The van der Waals surface area contributed by atoms with Crippen LogP contribution in [0.25, 0.3) is 11.3 Å². The van der Waals surface area contributed by atoms with Gasteiger partial charge in [-0.15, -0.1) is 0 Å². The molecule has 1 aromatic carbocycles. The van der Waals surface area contributed by atoms with Gasteiger partial charge >= 0.3 is 0 Å². The van der Waals surface area contributed by atoms with Crippen LogP contribution in [0.4, 0.5) is 0 Å². The number of rotatable bonds is 7. The van der Waals surface area contributed by atoms with Crippen molar-refractivity contribution in [1.29, 1.82) is 0 Å². The van der Waals surface area contributed by atoms with Gasteiger partial charge in [-0.05, 0) is 51.1 Å². The smallest absolute Gasteiger partial charge is 0.244 e. The van der Waals surface area contributed by atoms with Crippen LogP contribution in [0.15, 0.2) is 33.7 Å². The van der Waals surface area contributed by atoms with Crippen LogP contribution in [-0.4, -0.2) is 51.8 Å². The van der Waals surface area contributed by atoms with E-state index in [-0.39, 0.29) is 4.90 Å². The molecule has 0 radical (unpaired) electrons. The number of methoxy groups -OCH3 is 1. The van der Waals surface area contributed by atoms with Crippen LogP contribution in [0.2, 0.25) is 0 Å². The number of aryl methyl sites for hydroxylation is 1. The largest absolute Gasteiger partial charge is 0.495 e. The van der Waals surface area contributed by atoms with E-state index in [0.717, 1.165) is 18.8 Å². The summed E-state index contributed by atoms with van der Waals surface area (Å²) >= 11 is 0. The Balaban J connectivity index is 1.74. The fourth-order valence-corrected chi connectivity index (χ4v) is 4.53. The lowest BCUT2D eigenvalue weighted by atomic mass is 10.1. The molecule has 1 aromatic heterocycles. The Morgan fingerprint density at radius 3 is 2.56 bits per heavy atom. The van der Waals surface area contributed by atoms with Gasteiger partial charge in [0, 0.05) is 24.7 Å². The number of likely N-dealkylation sites (tertiary alicyclic amines) is 1. The van der Waals surface area contributed by atoms with Crippen molar-refractivity contribution in [2.24, 2.45) is 0 Å². The van der Waals surface area contributed by atoms with Crippen LogP contribution >= 0.6 is 0 Å². The van der Waals surface area contributed by atoms with Gasteiger partial charge in [-0.3, -0.25) is 0 Å². The van der Waals surface area contributed by atoms with E-state index in [2.05, 4.69) is 14.8 Å². The summed E-state index contributed by atoms with van der Waals surface area (Å²) in [5, 5.41) is 3.86. The average molecular weight is 394 g/mol. The van der Waals surface area contributed by atoms with Gasteiger partial charge in [-0.1, -0.05) is 18.0 Å². The quantitative estimate of drug-likeness (QED) is 0.779. The van der Waals surface area contributed by atoms with Gasteiger partial charge in [0.25, 0.3) is 0 Å². The van der Waals surface area contributed by atoms with Crippen LogP contribution in [0.1, 0.15) is 31.4 Å². The topological polar surface area (TPSA) is 84.7 Å². The second-order valence-corrected chi connectivity index (χ2v) is 8.59. The molecule has 2 heterocycles. The van der Waals surface area contributed by atoms with Gasteiger partial charge in [0.1, 0.15) is 10.6 Å². The third kappa shape index (κ3) is 5.09. The van der Waals surface area contributed by atoms with Gasteiger partial charge < -0.3 is 14.2 Å². The lowest BCUT2D eigenvalue weighted by Gasteiger charge is -2.20. The van der Waals surface area contributed by atoms with Crippen LogP contribution in [0.5, 0.6) is 5.75 Å². The summed E-state index contributed by atoms with van der Waals surface area (Å²) in [7, 11) is -2.24. The molecule has 8 heteroatoms. The first-order valence-electron chi connectivity index (χ1n) is 9.33. The Morgan fingerprint density at radius 1 is 1.19 bits per heavy atom. The molecular formula is C19H27N3O4S. The molecule has 0 atom stereocenters. The van der Waals surface area contributed by atoms with Crippen molar-refractivity contribution in [3.05, 3.63) is 30.0 Å². The summed E-state index contributed by atoms with van der Waals surface area (Å²) in [6, 6.07) is 6.73. The Hall–Kier alpha value is -1.90. The molecule has 0 aliphatic carbocycles. The molecule has 0 unspecified atom stereocenters. The maximum absolute atomic E-state index is 12.9. The van der Waals surface area contributed by atoms with Crippen molar-refractivity contribution >= 4 is 10.0 Å². The monoisotopic (exact) mass is 393 g/mol. The summed E-state index contributed by atoms with van der Waals surface area (Å²) in [5.41, 5.74) is 1.38. The highest BCUT2D eigenvalue weighted by Gasteiger charge is 2.21. The Morgan fingerprint density at radius 2 is 1.93 bits per heavy atom. The van der Waals surface area contributed by atoms with Crippen LogP contribution in [0.3, 0.4) is 0 Å². The van der Waals surface area contributed by atoms with E-state index < -0.39 is 10.0 Å². The third-order valence-corrected chi connectivity index (χ3v) is 6.27. The number of nitrogens with zero attached hydrogens (tertiary/aromatic N) is 2. The molecule has 0 saturated carbocycles. The van der Waals surface area contributed by atoms with Crippen LogP contribution < -0.4 is 9.46 Å². The maximum Gasteiger partial charge on any atom is 0.244 e. The number of hydrogen-bond acceptors (Lipinski definition) is 6. The van der Waals surface area contributed by atoms with Gasteiger partial charge in [-0.2, -0.15) is 0 Å². The minimum Gasteiger partial charge on any atom is -0.495 e. The Bertz CT molecular complexity index is 856. The number of sulfonamides is 1. The van der Waals surface area contributed by atoms with Crippen molar-refractivity contribution in [3.63, 3.8) is 0 Å². The van der Waals surface area contributed by atoms with Crippen molar-refractivity contribution in [2.45, 2.75) is 37.5 Å². The minimum absolute atomic E-state index is 0.104. The fourth-order valence-electron chi connectivity index (χ4n) is 3.32. The van der Waals surface area contributed by atoms with Gasteiger partial charge in [-0.25, -0.2) is 13.1 Å². The molecule has 7 nitrogen and oxygen atoms in total. The molecule has 0 spiro atoms. The van der Waals surface area contributed by atoms with Gasteiger partial charge in [0.15, 0.2) is 5.76 Å². The highest BCUT2D eigenvalue weighted by molar-refractivity contribution is 7.89. The van der Waals surface area contributed by atoms with E-state index in [1.54, 1.807) is 24.3 Å². The normalized spacial score (nSPS) is 16.2. The highest BCUT2D eigenvalue weighted by Crippen LogP contribution is 2.30. The summed E-state index contributed by atoms with van der Waals surface area (Å²) in [4.78, 5) is 2.42. The summed E-state index contributed by atoms with van der Waals surface area (Å²) in [6.45, 7) is 4.97. The van der Waals surface area contributed by atoms with Gasteiger partial charge in [0.2, 0.25) is 10.0 Å². The predicted molar refractivity (Wildman–Crippen MR) is 103 cm³/mol. The number of benzene rings is 1. The molecule has 148 valence electrons. The zero-order chi connectivity index (χ0) is 19.3. The van der Waals surface area contributed by atoms with Crippen molar-refractivity contribution in [1.82, 2.24) is 14.8 Å². The van der Waals surface area contributed by atoms with Crippen molar-refractivity contribution in [2.75, 3.05) is 33.3 Å². The number of nitrogens with one attached hydrogen (secondary N) is 1. The zero-order valence-corrected chi connectivity index (χ0v) is 16.7. The van der Waals surface area contributed by atoms with Crippen LogP contribution in [-0.2, 0) is 10.0 Å². The molecule has 2 aromatic rings. The molecular weight excluding hydrogens is 366 g/mol. The first-order valence-corrected chi connectivity index (χ1v) is 10.8. The van der Waals surface area contributed by atoms with E-state index >= 15 is 0 Å². The van der Waals surface area contributed by atoms with Gasteiger partial charge in [0.05, 0.1) is 12.8 Å². The van der Waals surface area contributed by atoms with E-state index in [4.69, 9.17) is 9.26 Å². The van der Waals surface area contributed by atoms with Crippen molar-refractivity contribution in [3.8, 4) is 17.1 Å². The van der Waals surface area contributed by atoms with E-state index in [9.17, 15) is 8.42 Å². The lowest BCUT2D eigenvalue weighted by molar-refractivity contribution is 0.290. The molecule has 27 heavy (non-hydrogen) atoms. The van der Waals surface area contributed by atoms with Crippen molar-refractivity contribution < 1.29 is 17.7 Å². The molecule has 1 N–H and O–H groups in total. The average Bonchev–Trinajstić information content (AvgIpc) is 2.92. The zero-order valence-electron chi connectivity index (χ0n) is 15.9.